The SMILES string of the molecule is COc1ccccc1[C@@]1(Cl)C(=O)Nc2ccc(C#N)cc21. The fourth-order valence-corrected chi connectivity index (χ4v) is 2.89. The second-order valence-corrected chi connectivity index (χ2v) is 5.25. The molecular weight excluding hydrogens is 288 g/mol. The number of anilines is 1. The Labute approximate surface area is 126 Å². The van der Waals surface area contributed by atoms with E-state index in [-0.39, 0.29) is 5.91 Å². The standard InChI is InChI=1S/C16H11ClN2O2/c1-21-14-5-3-2-4-11(14)16(17)12-8-10(9-18)6-7-13(12)19-15(16)20/h2-8H,1H3,(H,19,20)/t16-/m0/s1. The number of benzene rings is 2. The molecule has 1 amide bonds. The van der Waals surface area contributed by atoms with Gasteiger partial charge >= 0.3 is 0 Å². The van der Waals surface area contributed by atoms with Gasteiger partial charge in [0.05, 0.1) is 18.7 Å². The number of fused-ring (bicyclic) bond motifs is 1. The first kappa shape index (κ1) is 13.5. The predicted octanol–water partition coefficient (Wildman–Crippen LogP) is 3.00. The lowest BCUT2D eigenvalue weighted by Crippen LogP contribution is -2.30. The average molecular weight is 299 g/mol. The minimum absolute atomic E-state index is 0.348. The normalized spacial score (nSPS) is 19.6. The maximum absolute atomic E-state index is 12.4. The third-order valence-electron chi connectivity index (χ3n) is 3.56. The Morgan fingerprint density at radius 2 is 2.00 bits per heavy atom. The molecule has 1 aliphatic heterocycles. The van der Waals surface area contributed by atoms with Crippen molar-refractivity contribution in [3.63, 3.8) is 0 Å². The molecular formula is C16H11ClN2O2. The Kier molecular flexibility index (Phi) is 3.08. The molecule has 0 bridgehead atoms. The highest BCUT2D eigenvalue weighted by Crippen LogP contribution is 2.48. The van der Waals surface area contributed by atoms with Crippen molar-refractivity contribution in [2.45, 2.75) is 4.87 Å². The molecule has 3 rings (SSSR count). The molecule has 0 saturated carbocycles. The van der Waals surface area contributed by atoms with Gasteiger partial charge in [0.25, 0.3) is 5.91 Å². The number of nitrogens with one attached hydrogen (secondary N) is 1. The Balaban J connectivity index is 2.27. The van der Waals surface area contributed by atoms with E-state index in [1.807, 2.05) is 6.07 Å². The number of halogens is 1. The van der Waals surface area contributed by atoms with Gasteiger partial charge < -0.3 is 10.1 Å². The monoisotopic (exact) mass is 298 g/mol. The minimum Gasteiger partial charge on any atom is -0.496 e. The maximum atomic E-state index is 12.4. The molecule has 0 saturated heterocycles. The number of ether oxygens (including phenoxy) is 1. The van der Waals surface area contributed by atoms with Crippen LogP contribution >= 0.6 is 11.6 Å². The first-order valence-electron chi connectivity index (χ1n) is 6.29. The summed E-state index contributed by atoms with van der Waals surface area (Å²) in [5.41, 5.74) is 2.18. The molecule has 0 aliphatic carbocycles. The van der Waals surface area contributed by atoms with E-state index in [4.69, 9.17) is 21.6 Å². The third kappa shape index (κ3) is 1.86. The summed E-state index contributed by atoms with van der Waals surface area (Å²) in [6, 6.07) is 14.1. The predicted molar refractivity (Wildman–Crippen MR) is 79.4 cm³/mol. The van der Waals surface area contributed by atoms with E-state index in [1.165, 1.54) is 7.11 Å². The molecule has 104 valence electrons. The van der Waals surface area contributed by atoms with Gasteiger partial charge in [0.2, 0.25) is 0 Å². The average Bonchev–Trinajstić information content (AvgIpc) is 2.79. The molecule has 1 atom stereocenters. The van der Waals surface area contributed by atoms with Crippen LogP contribution in [0.3, 0.4) is 0 Å². The van der Waals surface area contributed by atoms with Gasteiger partial charge in [-0.2, -0.15) is 5.26 Å². The van der Waals surface area contributed by atoms with Gasteiger partial charge in [-0.3, -0.25) is 4.79 Å². The van der Waals surface area contributed by atoms with Crippen molar-refractivity contribution in [2.75, 3.05) is 12.4 Å². The van der Waals surface area contributed by atoms with E-state index >= 15 is 0 Å². The summed E-state index contributed by atoms with van der Waals surface area (Å²) < 4.78 is 5.31. The van der Waals surface area contributed by atoms with Gasteiger partial charge in [-0.05, 0) is 24.3 Å². The molecule has 2 aromatic rings. The molecule has 0 fully saturated rings. The minimum atomic E-state index is -1.39. The number of amides is 1. The van der Waals surface area contributed by atoms with Crippen LogP contribution in [0.15, 0.2) is 42.5 Å². The van der Waals surface area contributed by atoms with E-state index < -0.39 is 4.87 Å². The summed E-state index contributed by atoms with van der Waals surface area (Å²) in [5.74, 6) is 0.177. The van der Waals surface area contributed by atoms with Crippen LogP contribution in [0.25, 0.3) is 0 Å². The smallest absolute Gasteiger partial charge is 0.254 e. The van der Waals surface area contributed by atoms with Gasteiger partial charge in [-0.1, -0.05) is 29.8 Å². The van der Waals surface area contributed by atoms with Gasteiger partial charge in [-0.25, -0.2) is 0 Å². The van der Waals surface area contributed by atoms with Crippen LogP contribution in [0, 0.1) is 11.3 Å². The molecule has 1 aliphatic rings. The van der Waals surface area contributed by atoms with Crippen molar-refractivity contribution in [3.8, 4) is 11.8 Å². The Hall–Kier alpha value is -2.51. The summed E-state index contributed by atoms with van der Waals surface area (Å²) >= 11 is 6.69. The van der Waals surface area contributed by atoms with Gasteiger partial charge in [-0.15, -0.1) is 0 Å². The molecule has 4 nitrogen and oxygen atoms in total. The fraction of sp³-hybridized carbons (Fsp3) is 0.125. The highest BCUT2D eigenvalue weighted by Gasteiger charge is 2.48. The Morgan fingerprint density at radius 1 is 1.24 bits per heavy atom. The van der Waals surface area contributed by atoms with E-state index in [2.05, 4.69) is 11.4 Å². The van der Waals surface area contributed by atoms with Crippen molar-refractivity contribution in [1.29, 1.82) is 5.26 Å². The number of hydrogen-bond donors (Lipinski definition) is 1. The lowest BCUT2D eigenvalue weighted by atomic mass is 9.90. The van der Waals surface area contributed by atoms with Crippen LogP contribution in [0.1, 0.15) is 16.7 Å². The van der Waals surface area contributed by atoms with E-state index in [9.17, 15) is 4.79 Å². The Morgan fingerprint density at radius 3 is 2.71 bits per heavy atom. The number of nitrogens with zero attached hydrogens (tertiary/aromatic N) is 1. The van der Waals surface area contributed by atoms with Crippen molar-refractivity contribution in [3.05, 3.63) is 59.2 Å². The van der Waals surface area contributed by atoms with E-state index in [1.54, 1.807) is 36.4 Å². The van der Waals surface area contributed by atoms with Crippen molar-refractivity contribution in [2.24, 2.45) is 0 Å². The number of methoxy groups -OCH3 is 1. The first-order valence-corrected chi connectivity index (χ1v) is 6.67. The number of alkyl halides is 1. The lowest BCUT2D eigenvalue weighted by Gasteiger charge is -2.22. The largest absolute Gasteiger partial charge is 0.496 e. The third-order valence-corrected chi connectivity index (χ3v) is 4.14. The molecule has 1 N–H and O–H groups in total. The number of para-hydroxylation sites is 1. The van der Waals surface area contributed by atoms with Crippen molar-refractivity contribution >= 4 is 23.2 Å². The maximum Gasteiger partial charge on any atom is 0.254 e. The van der Waals surface area contributed by atoms with Crippen LogP contribution in [0.5, 0.6) is 5.75 Å². The highest BCUT2D eigenvalue weighted by atomic mass is 35.5. The highest BCUT2D eigenvalue weighted by molar-refractivity contribution is 6.41. The van der Waals surface area contributed by atoms with Gasteiger partial charge in [0.15, 0.2) is 4.87 Å². The molecule has 0 spiro atoms. The van der Waals surface area contributed by atoms with Crippen LogP contribution in [0.2, 0.25) is 0 Å². The molecule has 21 heavy (non-hydrogen) atoms. The fourth-order valence-electron chi connectivity index (χ4n) is 2.54. The zero-order valence-corrected chi connectivity index (χ0v) is 11.9. The van der Waals surface area contributed by atoms with Gasteiger partial charge in [0, 0.05) is 16.8 Å². The van der Waals surface area contributed by atoms with E-state index in [0.717, 1.165) is 0 Å². The second-order valence-electron chi connectivity index (χ2n) is 4.69. The second kappa shape index (κ2) is 4.80. The Bertz CT molecular complexity index is 782. The van der Waals surface area contributed by atoms with Crippen molar-refractivity contribution in [1.82, 2.24) is 0 Å². The first-order chi connectivity index (χ1) is 10.1. The zero-order valence-electron chi connectivity index (χ0n) is 11.2. The molecule has 5 heteroatoms. The molecule has 0 radical (unpaired) electrons. The van der Waals surface area contributed by atoms with E-state index in [0.29, 0.717) is 28.1 Å². The molecule has 0 aromatic heterocycles. The summed E-state index contributed by atoms with van der Waals surface area (Å²) in [6.45, 7) is 0. The summed E-state index contributed by atoms with van der Waals surface area (Å²) in [7, 11) is 1.53. The van der Waals surface area contributed by atoms with Crippen LogP contribution in [0.4, 0.5) is 5.69 Å². The number of nitriles is 1. The number of carbonyl (C=O) groups is 1. The number of rotatable bonds is 2. The summed E-state index contributed by atoms with van der Waals surface area (Å²) in [5, 5.41) is 11.8. The summed E-state index contributed by atoms with van der Waals surface area (Å²) in [6.07, 6.45) is 0. The number of carbonyl (C=O) groups excluding carboxylic acids is 1. The zero-order chi connectivity index (χ0) is 15.0. The van der Waals surface area contributed by atoms with Gasteiger partial charge in [0.1, 0.15) is 5.75 Å². The number of hydrogen-bond acceptors (Lipinski definition) is 3. The van der Waals surface area contributed by atoms with Crippen LogP contribution in [-0.4, -0.2) is 13.0 Å². The molecule has 0 unspecified atom stereocenters. The summed E-state index contributed by atoms with van der Waals surface area (Å²) in [4.78, 5) is 11.0. The van der Waals surface area contributed by atoms with Crippen molar-refractivity contribution < 1.29 is 9.53 Å². The molecule has 2 aromatic carbocycles. The quantitative estimate of drug-likeness (QED) is 0.867. The lowest BCUT2D eigenvalue weighted by molar-refractivity contribution is -0.117. The van der Waals surface area contributed by atoms with Crippen LogP contribution < -0.4 is 10.1 Å². The van der Waals surface area contributed by atoms with Crippen LogP contribution in [-0.2, 0) is 9.67 Å². The topological polar surface area (TPSA) is 62.1 Å². The molecule has 1 heterocycles.